The minimum absolute atomic E-state index is 0.0406. The maximum absolute atomic E-state index is 6.16. The Hall–Kier alpha value is -0.200. The Morgan fingerprint density at radius 2 is 1.25 bits per heavy atom. The molecule has 5 nitrogen and oxygen atoms in total. The van der Waals surface area contributed by atoms with E-state index < -0.39 is 0 Å². The van der Waals surface area contributed by atoms with Crippen LogP contribution in [0, 0.1) is 10.8 Å². The fourth-order valence-electron chi connectivity index (χ4n) is 5.00. The van der Waals surface area contributed by atoms with Crippen molar-refractivity contribution in [1.29, 1.82) is 0 Å². The van der Waals surface area contributed by atoms with Gasteiger partial charge in [-0.15, -0.1) is 0 Å². The lowest BCUT2D eigenvalue weighted by Gasteiger charge is -2.70. The Kier molecular flexibility index (Phi) is 6.83. The molecular weight excluding hydrogens is 356 g/mol. The van der Waals surface area contributed by atoms with Crippen LogP contribution in [0.1, 0.15) is 73.6 Å². The van der Waals surface area contributed by atoms with Crippen LogP contribution in [-0.2, 0) is 23.7 Å². The van der Waals surface area contributed by atoms with Crippen LogP contribution in [0.2, 0.25) is 0 Å². The van der Waals surface area contributed by atoms with E-state index in [0.29, 0.717) is 49.5 Å². The average Bonchev–Trinajstić information content (AvgIpc) is 2.44. The van der Waals surface area contributed by atoms with Crippen LogP contribution in [0.25, 0.3) is 0 Å². The largest absolute Gasteiger partial charge is 0.378 e. The van der Waals surface area contributed by atoms with Crippen LogP contribution in [0.15, 0.2) is 0 Å². The zero-order chi connectivity index (χ0) is 20.5. The molecule has 0 spiro atoms. The number of hydrogen-bond acceptors (Lipinski definition) is 5. The van der Waals surface area contributed by atoms with Crippen LogP contribution in [0.3, 0.4) is 0 Å². The molecule has 0 atom stereocenters. The summed E-state index contributed by atoms with van der Waals surface area (Å²) < 4.78 is 29.2. The van der Waals surface area contributed by atoms with E-state index in [1.54, 1.807) is 0 Å². The molecule has 5 heteroatoms. The molecule has 0 heterocycles. The molecule has 4 fully saturated rings. The normalized spacial score (nSPS) is 34.5. The van der Waals surface area contributed by atoms with Gasteiger partial charge in [0.1, 0.15) is 0 Å². The van der Waals surface area contributed by atoms with Crippen molar-refractivity contribution < 1.29 is 23.7 Å². The van der Waals surface area contributed by atoms with E-state index in [4.69, 9.17) is 23.7 Å². The van der Waals surface area contributed by atoms with E-state index in [2.05, 4.69) is 41.5 Å². The molecule has 2 bridgehead atoms. The van der Waals surface area contributed by atoms with E-state index in [9.17, 15) is 0 Å². The molecule has 0 radical (unpaired) electrons. The van der Waals surface area contributed by atoms with Gasteiger partial charge in [-0.2, -0.15) is 0 Å². The van der Waals surface area contributed by atoms with E-state index >= 15 is 0 Å². The predicted molar refractivity (Wildman–Crippen MR) is 110 cm³/mol. The molecule has 164 valence electrons. The molecule has 4 aliphatic rings. The second-order valence-electron chi connectivity index (χ2n) is 11.4. The second-order valence-corrected chi connectivity index (χ2v) is 11.4. The summed E-state index contributed by atoms with van der Waals surface area (Å²) >= 11 is 0. The first kappa shape index (κ1) is 22.5. The van der Waals surface area contributed by atoms with E-state index in [1.165, 1.54) is 19.3 Å². The van der Waals surface area contributed by atoms with Crippen molar-refractivity contribution >= 4 is 0 Å². The standard InChI is InChI=1S/C23H42O5/c1-20(2,3)27-10-9-24-7-8-25-16-22-13-23(14-22,15-22)17-26-18-11-19(12-18)28-21(4,5)6/h18-19H,7-17H2,1-6H3. The molecule has 4 saturated carbocycles. The Balaban J connectivity index is 1.15. The fraction of sp³-hybridized carbons (Fsp3) is 1.00. The van der Waals surface area contributed by atoms with Gasteiger partial charge >= 0.3 is 0 Å². The first-order chi connectivity index (χ1) is 13.0. The van der Waals surface area contributed by atoms with E-state index in [0.717, 1.165) is 26.1 Å². The predicted octanol–water partition coefficient (Wildman–Crippen LogP) is 4.37. The smallest absolute Gasteiger partial charge is 0.0707 e. The van der Waals surface area contributed by atoms with Crippen molar-refractivity contribution in [2.24, 2.45) is 10.8 Å². The first-order valence-electron chi connectivity index (χ1n) is 11.1. The van der Waals surface area contributed by atoms with Crippen molar-refractivity contribution in [3.63, 3.8) is 0 Å². The molecule has 0 aliphatic heterocycles. The van der Waals surface area contributed by atoms with Crippen LogP contribution in [0.5, 0.6) is 0 Å². The lowest BCUT2D eigenvalue weighted by atomic mass is 9.35. The summed E-state index contributed by atoms with van der Waals surface area (Å²) in [6.07, 6.45) is 6.73. The molecule has 4 aliphatic carbocycles. The molecule has 0 aromatic rings. The van der Waals surface area contributed by atoms with Crippen molar-refractivity contribution in [1.82, 2.24) is 0 Å². The third-order valence-corrected chi connectivity index (χ3v) is 5.99. The summed E-state index contributed by atoms with van der Waals surface area (Å²) in [5, 5.41) is 0. The van der Waals surface area contributed by atoms with Gasteiger partial charge in [-0.1, -0.05) is 0 Å². The SMILES string of the molecule is CC(C)(C)OCCOCCOCC12CC(COC3CC(OC(C)(C)C)C3)(C1)C2. The van der Waals surface area contributed by atoms with Crippen LogP contribution in [-0.4, -0.2) is 63.1 Å². The van der Waals surface area contributed by atoms with Gasteiger partial charge in [0.2, 0.25) is 0 Å². The Morgan fingerprint density at radius 3 is 1.86 bits per heavy atom. The van der Waals surface area contributed by atoms with E-state index in [-0.39, 0.29) is 11.2 Å². The van der Waals surface area contributed by atoms with Gasteiger partial charge in [0.15, 0.2) is 0 Å². The lowest BCUT2D eigenvalue weighted by Crippen LogP contribution is -2.66. The quantitative estimate of drug-likeness (QED) is 0.457. The van der Waals surface area contributed by atoms with Gasteiger partial charge in [-0.05, 0) is 84.5 Å². The van der Waals surface area contributed by atoms with Gasteiger partial charge < -0.3 is 23.7 Å². The summed E-state index contributed by atoms with van der Waals surface area (Å²) in [6.45, 7) is 16.9. The van der Waals surface area contributed by atoms with Gasteiger partial charge in [0.05, 0.1) is 63.1 Å². The molecule has 0 aromatic heterocycles. The molecule has 0 N–H and O–H groups in total. The number of ether oxygens (including phenoxy) is 5. The number of hydrogen-bond donors (Lipinski definition) is 0. The molecule has 28 heavy (non-hydrogen) atoms. The summed E-state index contributed by atoms with van der Waals surface area (Å²) in [7, 11) is 0. The highest BCUT2D eigenvalue weighted by Gasteiger charge is 2.67. The maximum Gasteiger partial charge on any atom is 0.0707 e. The summed E-state index contributed by atoms with van der Waals surface area (Å²) in [5.41, 5.74) is 0.766. The van der Waals surface area contributed by atoms with Gasteiger partial charge in [0, 0.05) is 0 Å². The fourth-order valence-corrected chi connectivity index (χ4v) is 5.00. The minimum Gasteiger partial charge on any atom is -0.378 e. The Bertz CT molecular complexity index is 478. The topological polar surface area (TPSA) is 46.2 Å². The highest BCUT2D eigenvalue weighted by atomic mass is 16.6. The third kappa shape index (κ3) is 6.40. The minimum atomic E-state index is -0.0930. The molecule has 0 aromatic carbocycles. The zero-order valence-electron chi connectivity index (χ0n) is 19.0. The maximum atomic E-state index is 6.16. The highest BCUT2D eigenvalue weighted by molar-refractivity contribution is 5.17. The number of rotatable bonds is 12. The molecule has 0 amide bonds. The second kappa shape index (κ2) is 8.50. The van der Waals surface area contributed by atoms with Crippen molar-refractivity contribution in [2.45, 2.75) is 97.1 Å². The third-order valence-electron chi connectivity index (χ3n) is 5.99. The van der Waals surface area contributed by atoms with Gasteiger partial charge in [-0.25, -0.2) is 0 Å². The zero-order valence-corrected chi connectivity index (χ0v) is 19.0. The van der Waals surface area contributed by atoms with Crippen molar-refractivity contribution in [3.05, 3.63) is 0 Å². The molecule has 4 rings (SSSR count). The Labute approximate surface area is 171 Å². The van der Waals surface area contributed by atoms with Crippen molar-refractivity contribution in [3.8, 4) is 0 Å². The molecule has 0 unspecified atom stereocenters. The highest BCUT2D eigenvalue weighted by Crippen LogP contribution is 2.73. The Morgan fingerprint density at radius 1 is 0.679 bits per heavy atom. The average molecular weight is 399 g/mol. The molecule has 0 saturated heterocycles. The van der Waals surface area contributed by atoms with Crippen molar-refractivity contribution in [2.75, 3.05) is 39.6 Å². The lowest BCUT2D eigenvalue weighted by molar-refractivity contribution is -0.267. The summed E-state index contributed by atoms with van der Waals surface area (Å²) in [4.78, 5) is 0. The van der Waals surface area contributed by atoms with E-state index in [1.807, 2.05) is 0 Å². The summed E-state index contributed by atoms with van der Waals surface area (Å²) in [5.74, 6) is 0. The van der Waals surface area contributed by atoms with Crippen LogP contribution >= 0.6 is 0 Å². The van der Waals surface area contributed by atoms with Crippen LogP contribution in [0.4, 0.5) is 0 Å². The molecular formula is C23H42O5. The monoisotopic (exact) mass is 398 g/mol. The summed E-state index contributed by atoms with van der Waals surface area (Å²) in [6, 6.07) is 0. The van der Waals surface area contributed by atoms with Gasteiger partial charge in [0.25, 0.3) is 0 Å². The van der Waals surface area contributed by atoms with Gasteiger partial charge in [-0.3, -0.25) is 0 Å². The van der Waals surface area contributed by atoms with Crippen LogP contribution < -0.4 is 0 Å². The first-order valence-corrected chi connectivity index (χ1v) is 11.1.